The van der Waals surface area contributed by atoms with Gasteiger partial charge in [0.1, 0.15) is 11.3 Å². The summed E-state index contributed by atoms with van der Waals surface area (Å²) in [5.74, 6) is 0.765. The molecule has 0 saturated carbocycles. The van der Waals surface area contributed by atoms with Gasteiger partial charge in [-0.05, 0) is 38.0 Å². The van der Waals surface area contributed by atoms with Crippen LogP contribution >= 0.6 is 0 Å². The summed E-state index contributed by atoms with van der Waals surface area (Å²) in [6, 6.07) is 6.10. The Morgan fingerprint density at radius 3 is 2.66 bits per heavy atom. The summed E-state index contributed by atoms with van der Waals surface area (Å²) in [7, 11) is 1.69. The number of fused-ring (bicyclic) bond motifs is 1. The third-order valence-electron chi connectivity index (χ3n) is 5.95. The lowest BCUT2D eigenvalue weighted by Gasteiger charge is -2.19. The molecule has 0 amide bonds. The number of unbranched alkanes of at least 4 members (excludes halogenated alkanes) is 4. The molecule has 1 aliphatic heterocycles. The summed E-state index contributed by atoms with van der Waals surface area (Å²) in [5.41, 5.74) is 6.77. The van der Waals surface area contributed by atoms with Crippen LogP contribution in [-0.2, 0) is 6.54 Å². The molecule has 4 rings (SSSR count). The summed E-state index contributed by atoms with van der Waals surface area (Å²) in [6.07, 6.45) is 15.3. The van der Waals surface area contributed by atoms with E-state index < -0.39 is 0 Å². The second-order valence-electron chi connectivity index (χ2n) is 8.40. The molecule has 0 N–H and O–H groups in total. The first-order valence-corrected chi connectivity index (χ1v) is 11.6. The van der Waals surface area contributed by atoms with Crippen LogP contribution in [0.25, 0.3) is 22.4 Å². The molecule has 0 radical (unpaired) electrons. The number of ether oxygens (including phenoxy) is 1. The Labute approximate surface area is 190 Å². The van der Waals surface area contributed by atoms with Crippen molar-refractivity contribution in [2.75, 3.05) is 12.1 Å². The highest BCUT2D eigenvalue weighted by atomic mass is 16.5. The predicted octanol–water partition coefficient (Wildman–Crippen LogP) is 6.40. The SMILES string of the molecule is CCCCCCCn1cc(C)c2nc(-c3ccc(N4C=CCC=N4)cc3OC)c(C)nc21. The van der Waals surface area contributed by atoms with Crippen LogP contribution in [0, 0.1) is 13.8 Å². The van der Waals surface area contributed by atoms with Crippen LogP contribution in [0.4, 0.5) is 5.69 Å². The fourth-order valence-electron chi connectivity index (χ4n) is 4.21. The standard InChI is InChI=1S/C26H33N5O/c1-5-6-7-8-10-15-30-18-19(2)24-26(30)28-20(3)25(29-24)22-13-12-21(17-23(22)32-4)31-16-11-9-14-27-31/h11-14,16-18H,5-10,15H2,1-4H3. The number of aryl methyl sites for hydroxylation is 3. The molecule has 2 aromatic heterocycles. The third-order valence-corrected chi connectivity index (χ3v) is 5.95. The van der Waals surface area contributed by atoms with Gasteiger partial charge in [-0.3, -0.25) is 0 Å². The van der Waals surface area contributed by atoms with Crippen molar-refractivity contribution >= 4 is 23.1 Å². The predicted molar refractivity (Wildman–Crippen MR) is 132 cm³/mol. The molecule has 0 aliphatic carbocycles. The van der Waals surface area contributed by atoms with Crippen LogP contribution < -0.4 is 9.75 Å². The van der Waals surface area contributed by atoms with Gasteiger partial charge in [-0.15, -0.1) is 0 Å². The highest BCUT2D eigenvalue weighted by molar-refractivity contribution is 5.82. The highest BCUT2D eigenvalue weighted by Crippen LogP contribution is 2.35. The molecule has 0 unspecified atom stereocenters. The van der Waals surface area contributed by atoms with Crippen molar-refractivity contribution in [2.45, 2.75) is 65.8 Å². The average molecular weight is 432 g/mol. The quantitative estimate of drug-likeness (QED) is 0.368. The van der Waals surface area contributed by atoms with Gasteiger partial charge < -0.3 is 9.30 Å². The van der Waals surface area contributed by atoms with E-state index in [1.807, 2.05) is 36.5 Å². The van der Waals surface area contributed by atoms with Gasteiger partial charge in [-0.2, -0.15) is 5.10 Å². The zero-order valence-corrected chi connectivity index (χ0v) is 19.6. The average Bonchev–Trinajstić information content (AvgIpc) is 3.12. The van der Waals surface area contributed by atoms with Gasteiger partial charge in [0.2, 0.25) is 0 Å². The molecule has 0 saturated heterocycles. The van der Waals surface area contributed by atoms with E-state index in [-0.39, 0.29) is 0 Å². The molecule has 3 heterocycles. The van der Waals surface area contributed by atoms with Crippen LogP contribution in [0.15, 0.2) is 41.8 Å². The first-order chi connectivity index (χ1) is 15.6. The second kappa shape index (κ2) is 9.98. The Morgan fingerprint density at radius 2 is 1.91 bits per heavy atom. The Bertz CT molecular complexity index is 1130. The maximum Gasteiger partial charge on any atom is 0.159 e. The van der Waals surface area contributed by atoms with E-state index >= 15 is 0 Å². The van der Waals surface area contributed by atoms with Gasteiger partial charge in [0.05, 0.1) is 24.2 Å². The summed E-state index contributed by atoms with van der Waals surface area (Å²) >= 11 is 0. The number of hydrogen-bond acceptors (Lipinski definition) is 5. The molecule has 0 fully saturated rings. The second-order valence-corrected chi connectivity index (χ2v) is 8.40. The Balaban J connectivity index is 1.65. The molecule has 1 aliphatic rings. The largest absolute Gasteiger partial charge is 0.496 e. The van der Waals surface area contributed by atoms with Crippen molar-refractivity contribution in [3.05, 3.63) is 47.9 Å². The molecular formula is C26H33N5O. The molecule has 6 nitrogen and oxygen atoms in total. The number of methoxy groups -OCH3 is 1. The number of allylic oxidation sites excluding steroid dienone is 1. The highest BCUT2D eigenvalue weighted by Gasteiger charge is 2.17. The van der Waals surface area contributed by atoms with E-state index in [1.54, 1.807) is 7.11 Å². The van der Waals surface area contributed by atoms with Crippen LogP contribution in [-0.4, -0.2) is 27.9 Å². The maximum absolute atomic E-state index is 5.74. The van der Waals surface area contributed by atoms with Crippen molar-refractivity contribution in [2.24, 2.45) is 5.10 Å². The number of nitrogens with zero attached hydrogens (tertiary/aromatic N) is 5. The van der Waals surface area contributed by atoms with Gasteiger partial charge in [-0.1, -0.05) is 38.7 Å². The number of hydrogen-bond donors (Lipinski definition) is 0. The summed E-state index contributed by atoms with van der Waals surface area (Å²) in [6.45, 7) is 7.38. The molecule has 6 heteroatoms. The summed E-state index contributed by atoms with van der Waals surface area (Å²) in [4.78, 5) is 10.0. The zero-order chi connectivity index (χ0) is 22.5. The van der Waals surface area contributed by atoms with E-state index in [2.05, 4.69) is 41.9 Å². The minimum absolute atomic E-state index is 0.765. The van der Waals surface area contributed by atoms with E-state index in [0.717, 1.165) is 58.1 Å². The monoisotopic (exact) mass is 431 g/mol. The fourth-order valence-corrected chi connectivity index (χ4v) is 4.21. The molecule has 0 atom stereocenters. The molecular weight excluding hydrogens is 398 g/mol. The van der Waals surface area contributed by atoms with Crippen LogP contribution in [0.5, 0.6) is 5.75 Å². The van der Waals surface area contributed by atoms with Gasteiger partial charge in [0.25, 0.3) is 0 Å². The number of benzene rings is 1. The Hall–Kier alpha value is -3.15. The van der Waals surface area contributed by atoms with E-state index in [1.165, 1.54) is 32.1 Å². The van der Waals surface area contributed by atoms with Crippen molar-refractivity contribution in [3.63, 3.8) is 0 Å². The molecule has 3 aromatic rings. The number of rotatable bonds is 9. The Kier molecular flexibility index (Phi) is 6.88. The lowest BCUT2D eigenvalue weighted by atomic mass is 10.1. The molecule has 0 spiro atoms. The van der Waals surface area contributed by atoms with Crippen LogP contribution in [0.1, 0.15) is 56.7 Å². The van der Waals surface area contributed by atoms with Crippen molar-refractivity contribution in [1.82, 2.24) is 14.5 Å². The number of anilines is 1. The smallest absolute Gasteiger partial charge is 0.159 e. The van der Waals surface area contributed by atoms with Gasteiger partial charge in [-0.25, -0.2) is 15.0 Å². The lowest BCUT2D eigenvalue weighted by Crippen LogP contribution is -2.10. The normalized spacial score (nSPS) is 13.3. The minimum Gasteiger partial charge on any atom is -0.496 e. The molecule has 1 aromatic carbocycles. The maximum atomic E-state index is 5.74. The molecule has 32 heavy (non-hydrogen) atoms. The van der Waals surface area contributed by atoms with Gasteiger partial charge in [0, 0.05) is 43.2 Å². The van der Waals surface area contributed by atoms with Gasteiger partial charge >= 0.3 is 0 Å². The van der Waals surface area contributed by atoms with Crippen molar-refractivity contribution < 1.29 is 4.74 Å². The topological polar surface area (TPSA) is 55.5 Å². The zero-order valence-electron chi connectivity index (χ0n) is 19.6. The molecule has 0 bridgehead atoms. The van der Waals surface area contributed by atoms with E-state index in [4.69, 9.17) is 14.7 Å². The van der Waals surface area contributed by atoms with Crippen LogP contribution in [0.3, 0.4) is 0 Å². The van der Waals surface area contributed by atoms with E-state index in [0.29, 0.717) is 0 Å². The van der Waals surface area contributed by atoms with Crippen LogP contribution in [0.2, 0.25) is 0 Å². The Morgan fingerprint density at radius 1 is 1.06 bits per heavy atom. The van der Waals surface area contributed by atoms with Crippen molar-refractivity contribution in [3.8, 4) is 17.0 Å². The number of aromatic nitrogens is 3. The third kappa shape index (κ3) is 4.54. The number of hydrazone groups is 1. The summed E-state index contributed by atoms with van der Waals surface area (Å²) in [5, 5.41) is 6.28. The van der Waals surface area contributed by atoms with Crippen molar-refractivity contribution in [1.29, 1.82) is 0 Å². The van der Waals surface area contributed by atoms with E-state index in [9.17, 15) is 0 Å². The fraction of sp³-hybridized carbons (Fsp3) is 0.423. The first-order valence-electron chi connectivity index (χ1n) is 11.6. The summed E-state index contributed by atoms with van der Waals surface area (Å²) < 4.78 is 8.01. The van der Waals surface area contributed by atoms with Gasteiger partial charge in [0.15, 0.2) is 5.65 Å². The minimum atomic E-state index is 0.765. The molecule has 168 valence electrons. The lowest BCUT2D eigenvalue weighted by molar-refractivity contribution is 0.416. The first kappa shape index (κ1) is 22.1.